The van der Waals surface area contributed by atoms with Gasteiger partial charge in [0.25, 0.3) is 0 Å². The Labute approximate surface area is 144 Å². The van der Waals surface area contributed by atoms with E-state index in [4.69, 9.17) is 4.98 Å². The molecule has 0 atom stereocenters. The molecule has 0 radical (unpaired) electrons. The van der Waals surface area contributed by atoms with Gasteiger partial charge in [-0.1, -0.05) is 13.8 Å². The van der Waals surface area contributed by atoms with Crippen LogP contribution in [0.15, 0.2) is 24.4 Å². The Balaban J connectivity index is 2.09. The minimum Gasteiger partial charge on any atom is -0.508 e. The second kappa shape index (κ2) is 5.97. The van der Waals surface area contributed by atoms with Crippen molar-refractivity contribution >= 4 is 11.0 Å². The number of rotatable bonds is 3. The van der Waals surface area contributed by atoms with Crippen molar-refractivity contribution in [1.29, 1.82) is 0 Å². The predicted octanol–water partition coefficient (Wildman–Crippen LogP) is 4.92. The van der Waals surface area contributed by atoms with Crippen molar-refractivity contribution in [2.24, 2.45) is 7.05 Å². The number of nitrogens with zero attached hydrogens (tertiary/aromatic N) is 2. The van der Waals surface area contributed by atoms with Crippen molar-refractivity contribution in [3.8, 4) is 5.75 Å². The van der Waals surface area contributed by atoms with E-state index in [2.05, 4.69) is 57.6 Å². The minimum atomic E-state index is 0.377. The van der Waals surface area contributed by atoms with E-state index in [1.54, 1.807) is 0 Å². The summed E-state index contributed by atoms with van der Waals surface area (Å²) in [4.78, 5) is 4.96. The van der Waals surface area contributed by atoms with Gasteiger partial charge in [0.15, 0.2) is 0 Å². The van der Waals surface area contributed by atoms with Gasteiger partial charge in [-0.3, -0.25) is 4.98 Å². The number of hydrogen-bond acceptors (Lipinski definition) is 2. The Kier molecular flexibility index (Phi) is 4.12. The van der Waals surface area contributed by atoms with Gasteiger partial charge in [-0.25, -0.2) is 0 Å². The van der Waals surface area contributed by atoms with Gasteiger partial charge in [-0.05, 0) is 72.7 Å². The summed E-state index contributed by atoms with van der Waals surface area (Å²) in [7, 11) is 2.08. The highest BCUT2D eigenvalue weighted by Crippen LogP contribution is 2.30. The number of phenolic OH excluding ortho intramolecular Hbond substituents is 1. The Bertz CT molecular complexity index is 919. The zero-order valence-electron chi connectivity index (χ0n) is 15.4. The first-order valence-electron chi connectivity index (χ1n) is 8.53. The van der Waals surface area contributed by atoms with Crippen LogP contribution < -0.4 is 0 Å². The summed E-state index contributed by atoms with van der Waals surface area (Å²) in [5, 5.41) is 9.99. The standard InChI is InChI=1S/C21H26N2O/c1-12(2)18-11-23(6)19-8-7-16(22-21(18)19)10-17-13(3)9-20(24)15(5)14(17)4/h7-9,11-12,24H,10H2,1-6H3. The van der Waals surface area contributed by atoms with E-state index in [0.29, 0.717) is 11.7 Å². The first-order chi connectivity index (χ1) is 11.3. The summed E-state index contributed by atoms with van der Waals surface area (Å²) in [6, 6.07) is 6.15. The van der Waals surface area contributed by atoms with E-state index in [-0.39, 0.29) is 0 Å². The van der Waals surface area contributed by atoms with Crippen molar-refractivity contribution < 1.29 is 5.11 Å². The van der Waals surface area contributed by atoms with Gasteiger partial charge in [-0.15, -0.1) is 0 Å². The lowest BCUT2D eigenvalue weighted by molar-refractivity contribution is 0.469. The highest BCUT2D eigenvalue weighted by Gasteiger charge is 2.14. The maximum atomic E-state index is 9.99. The Morgan fingerprint density at radius 1 is 1.12 bits per heavy atom. The molecule has 1 N–H and O–H groups in total. The molecule has 1 aromatic carbocycles. The van der Waals surface area contributed by atoms with Gasteiger partial charge < -0.3 is 9.67 Å². The van der Waals surface area contributed by atoms with Gasteiger partial charge in [0.2, 0.25) is 0 Å². The molecule has 24 heavy (non-hydrogen) atoms. The van der Waals surface area contributed by atoms with E-state index >= 15 is 0 Å². The van der Waals surface area contributed by atoms with Crippen LogP contribution in [0.1, 0.15) is 53.3 Å². The third-order valence-corrected chi connectivity index (χ3v) is 5.13. The number of pyridine rings is 1. The second-order valence-corrected chi connectivity index (χ2v) is 7.14. The summed E-state index contributed by atoms with van der Waals surface area (Å²) in [6.45, 7) is 10.5. The number of aromatic hydroxyl groups is 1. The van der Waals surface area contributed by atoms with Crippen molar-refractivity contribution in [2.75, 3.05) is 0 Å². The number of hydrogen-bond donors (Lipinski definition) is 1. The van der Waals surface area contributed by atoms with Crippen LogP contribution in [0, 0.1) is 20.8 Å². The minimum absolute atomic E-state index is 0.377. The van der Waals surface area contributed by atoms with E-state index < -0.39 is 0 Å². The Hall–Kier alpha value is -2.29. The molecule has 0 fully saturated rings. The zero-order chi connectivity index (χ0) is 17.6. The molecule has 0 bridgehead atoms. The molecule has 2 aromatic heterocycles. The Morgan fingerprint density at radius 3 is 2.50 bits per heavy atom. The van der Waals surface area contributed by atoms with Crippen LogP contribution in [0.4, 0.5) is 0 Å². The molecule has 2 heterocycles. The predicted molar refractivity (Wildman–Crippen MR) is 99.9 cm³/mol. The lowest BCUT2D eigenvalue weighted by Gasteiger charge is -2.14. The molecule has 3 aromatic rings. The van der Waals surface area contributed by atoms with E-state index in [9.17, 15) is 5.11 Å². The maximum Gasteiger partial charge on any atom is 0.119 e. The number of fused-ring (bicyclic) bond motifs is 1. The average molecular weight is 322 g/mol. The summed E-state index contributed by atoms with van der Waals surface area (Å²) >= 11 is 0. The van der Waals surface area contributed by atoms with Crippen LogP contribution in [0.5, 0.6) is 5.75 Å². The molecule has 0 saturated carbocycles. The van der Waals surface area contributed by atoms with Gasteiger partial charge in [-0.2, -0.15) is 0 Å². The summed E-state index contributed by atoms with van der Waals surface area (Å²) in [6.07, 6.45) is 2.98. The first-order valence-corrected chi connectivity index (χ1v) is 8.53. The van der Waals surface area contributed by atoms with Gasteiger partial charge in [0, 0.05) is 25.4 Å². The van der Waals surface area contributed by atoms with Crippen molar-refractivity contribution in [2.45, 2.75) is 47.0 Å². The molecule has 0 unspecified atom stereocenters. The van der Waals surface area contributed by atoms with Crippen LogP contribution in [-0.4, -0.2) is 14.7 Å². The summed E-state index contributed by atoms with van der Waals surface area (Å²) in [5.41, 5.74) is 9.16. The quantitative estimate of drug-likeness (QED) is 0.743. The molecule has 0 spiro atoms. The molecule has 3 heteroatoms. The molecular formula is C21H26N2O. The number of aromatic nitrogens is 2. The fourth-order valence-electron chi connectivity index (χ4n) is 3.42. The fourth-order valence-corrected chi connectivity index (χ4v) is 3.42. The van der Waals surface area contributed by atoms with Gasteiger partial charge >= 0.3 is 0 Å². The SMILES string of the molecule is Cc1cc(O)c(C)c(C)c1Cc1ccc2c(n1)c(C(C)C)cn2C. The lowest BCUT2D eigenvalue weighted by atomic mass is 9.94. The molecule has 126 valence electrons. The molecular weight excluding hydrogens is 296 g/mol. The fraction of sp³-hybridized carbons (Fsp3) is 0.381. The Morgan fingerprint density at radius 2 is 1.83 bits per heavy atom. The topological polar surface area (TPSA) is 38.1 Å². The van der Waals surface area contributed by atoms with Crippen LogP contribution in [-0.2, 0) is 13.5 Å². The summed E-state index contributed by atoms with van der Waals surface area (Å²) < 4.78 is 2.16. The number of phenols is 1. The largest absolute Gasteiger partial charge is 0.508 e. The normalized spacial score (nSPS) is 11.6. The molecule has 0 amide bonds. The smallest absolute Gasteiger partial charge is 0.119 e. The van der Waals surface area contributed by atoms with Gasteiger partial charge in [0.1, 0.15) is 5.75 Å². The van der Waals surface area contributed by atoms with E-state index in [1.807, 2.05) is 13.0 Å². The highest BCUT2D eigenvalue weighted by molar-refractivity contribution is 5.80. The zero-order valence-corrected chi connectivity index (χ0v) is 15.4. The molecule has 0 aliphatic carbocycles. The molecule has 0 saturated heterocycles. The third kappa shape index (κ3) is 2.68. The third-order valence-electron chi connectivity index (χ3n) is 5.13. The van der Waals surface area contributed by atoms with E-state index in [1.165, 1.54) is 16.6 Å². The van der Waals surface area contributed by atoms with Crippen molar-refractivity contribution in [3.05, 3.63) is 57.9 Å². The first kappa shape index (κ1) is 16.6. The molecule has 3 nitrogen and oxygen atoms in total. The highest BCUT2D eigenvalue weighted by atomic mass is 16.3. The second-order valence-electron chi connectivity index (χ2n) is 7.14. The van der Waals surface area contributed by atoms with Crippen molar-refractivity contribution in [1.82, 2.24) is 9.55 Å². The van der Waals surface area contributed by atoms with E-state index in [0.717, 1.165) is 34.3 Å². The van der Waals surface area contributed by atoms with Crippen LogP contribution in [0.3, 0.4) is 0 Å². The number of aryl methyl sites for hydroxylation is 2. The summed E-state index contributed by atoms with van der Waals surface area (Å²) in [5.74, 6) is 0.832. The average Bonchev–Trinajstić information content (AvgIpc) is 2.86. The monoisotopic (exact) mass is 322 g/mol. The van der Waals surface area contributed by atoms with Crippen LogP contribution in [0.25, 0.3) is 11.0 Å². The van der Waals surface area contributed by atoms with Crippen LogP contribution in [0.2, 0.25) is 0 Å². The lowest BCUT2D eigenvalue weighted by Crippen LogP contribution is -2.01. The maximum absolute atomic E-state index is 9.99. The molecule has 3 rings (SSSR count). The number of benzene rings is 1. The van der Waals surface area contributed by atoms with Crippen LogP contribution >= 0.6 is 0 Å². The van der Waals surface area contributed by atoms with Gasteiger partial charge in [0.05, 0.1) is 11.0 Å². The molecule has 0 aliphatic heterocycles. The molecule has 0 aliphatic rings. The van der Waals surface area contributed by atoms with Crippen molar-refractivity contribution in [3.63, 3.8) is 0 Å².